The molecule has 1 heterocycles. The number of ether oxygens (including phenoxy) is 1. The minimum absolute atomic E-state index is 0.243. The van der Waals surface area contributed by atoms with Crippen molar-refractivity contribution < 1.29 is 4.74 Å². The molecule has 1 aromatic heterocycles. The van der Waals surface area contributed by atoms with E-state index < -0.39 is 0 Å². The normalized spacial score (nSPS) is 10.7. The van der Waals surface area contributed by atoms with Crippen molar-refractivity contribution in [3.05, 3.63) is 58.6 Å². The fraction of sp³-hybridized carbons (Fsp3) is 0.0667. The van der Waals surface area contributed by atoms with Gasteiger partial charge in [-0.2, -0.15) is 0 Å². The highest BCUT2D eigenvalue weighted by Gasteiger charge is 2.07. The Labute approximate surface area is 115 Å². The van der Waals surface area contributed by atoms with E-state index in [4.69, 9.17) is 10.5 Å². The summed E-state index contributed by atoms with van der Waals surface area (Å²) in [5.41, 5.74) is 6.38. The van der Waals surface area contributed by atoms with Crippen molar-refractivity contribution >= 4 is 16.5 Å². The third-order valence-electron chi connectivity index (χ3n) is 2.97. The highest BCUT2D eigenvalue weighted by Crippen LogP contribution is 2.32. The van der Waals surface area contributed by atoms with Crippen LogP contribution in [0.15, 0.2) is 47.3 Å². The lowest BCUT2D eigenvalue weighted by Crippen LogP contribution is -2.08. The average Bonchev–Trinajstić information content (AvgIpc) is 2.41. The standard InChI is InChI=1S/C15H13N3O2/c1-9-17-14(19)8-15(18-9)20-13-7-6-12(16)10-4-2-3-5-11(10)13/h2-8H,16H2,1H3,(H,17,18,19). The second kappa shape index (κ2) is 4.70. The van der Waals surface area contributed by atoms with Crippen LogP contribution in [0.3, 0.4) is 0 Å². The lowest BCUT2D eigenvalue weighted by molar-refractivity contribution is 0.464. The van der Waals surface area contributed by atoms with Crippen LogP contribution in [0, 0.1) is 6.92 Å². The first-order valence-electron chi connectivity index (χ1n) is 6.16. The maximum atomic E-state index is 11.4. The fourth-order valence-corrected chi connectivity index (χ4v) is 2.10. The highest BCUT2D eigenvalue weighted by molar-refractivity contribution is 5.97. The van der Waals surface area contributed by atoms with Crippen LogP contribution in [0.2, 0.25) is 0 Å². The Morgan fingerprint density at radius 2 is 1.90 bits per heavy atom. The zero-order valence-electron chi connectivity index (χ0n) is 10.9. The summed E-state index contributed by atoms with van der Waals surface area (Å²) in [5, 5.41) is 1.79. The predicted octanol–water partition coefficient (Wildman–Crippen LogP) is 2.61. The second-order valence-corrected chi connectivity index (χ2v) is 4.47. The number of nitrogens with one attached hydrogen (secondary N) is 1. The van der Waals surface area contributed by atoms with E-state index in [0.717, 1.165) is 10.8 Å². The molecule has 0 aliphatic rings. The molecule has 5 heteroatoms. The molecule has 20 heavy (non-hydrogen) atoms. The molecule has 2 aromatic carbocycles. The van der Waals surface area contributed by atoms with Crippen LogP contribution in [0.25, 0.3) is 10.8 Å². The second-order valence-electron chi connectivity index (χ2n) is 4.47. The Hall–Kier alpha value is -2.82. The smallest absolute Gasteiger partial charge is 0.254 e. The van der Waals surface area contributed by atoms with Crippen molar-refractivity contribution in [2.24, 2.45) is 0 Å². The number of aryl methyl sites for hydroxylation is 1. The van der Waals surface area contributed by atoms with Gasteiger partial charge in [-0.1, -0.05) is 24.3 Å². The maximum absolute atomic E-state index is 11.4. The van der Waals surface area contributed by atoms with Crippen LogP contribution in [-0.4, -0.2) is 9.97 Å². The van der Waals surface area contributed by atoms with Gasteiger partial charge in [-0.15, -0.1) is 0 Å². The largest absolute Gasteiger partial charge is 0.438 e. The molecule has 3 aromatic rings. The Balaban J connectivity index is 2.11. The van der Waals surface area contributed by atoms with E-state index in [-0.39, 0.29) is 11.4 Å². The van der Waals surface area contributed by atoms with Gasteiger partial charge in [0, 0.05) is 16.5 Å². The van der Waals surface area contributed by atoms with Crippen LogP contribution in [0.4, 0.5) is 5.69 Å². The maximum Gasteiger partial charge on any atom is 0.254 e. The number of nitrogens with zero attached hydrogens (tertiary/aromatic N) is 1. The summed E-state index contributed by atoms with van der Waals surface area (Å²) in [6.07, 6.45) is 0. The molecule has 0 saturated carbocycles. The number of H-pyrrole nitrogens is 1. The molecule has 0 aliphatic heterocycles. The zero-order valence-corrected chi connectivity index (χ0v) is 10.9. The number of rotatable bonds is 2. The molecule has 0 unspecified atom stereocenters. The summed E-state index contributed by atoms with van der Waals surface area (Å²) in [6.45, 7) is 1.70. The van der Waals surface area contributed by atoms with E-state index in [2.05, 4.69) is 9.97 Å². The van der Waals surface area contributed by atoms with Gasteiger partial charge < -0.3 is 15.5 Å². The SMILES string of the molecule is Cc1nc(Oc2ccc(N)c3ccccc23)cc(=O)[nH]1. The van der Waals surface area contributed by atoms with Gasteiger partial charge in [-0.3, -0.25) is 4.79 Å². The molecule has 3 N–H and O–H groups in total. The van der Waals surface area contributed by atoms with Gasteiger partial charge >= 0.3 is 0 Å². The molecule has 0 radical (unpaired) electrons. The average molecular weight is 267 g/mol. The summed E-state index contributed by atoms with van der Waals surface area (Å²) < 4.78 is 5.72. The monoisotopic (exact) mass is 267 g/mol. The Morgan fingerprint density at radius 1 is 1.15 bits per heavy atom. The van der Waals surface area contributed by atoms with Gasteiger partial charge in [0.25, 0.3) is 5.56 Å². The molecule has 0 amide bonds. The minimum Gasteiger partial charge on any atom is -0.438 e. The Morgan fingerprint density at radius 3 is 2.65 bits per heavy atom. The number of hydrogen-bond donors (Lipinski definition) is 2. The van der Waals surface area contributed by atoms with Crippen molar-refractivity contribution in [3.8, 4) is 11.6 Å². The third kappa shape index (κ3) is 2.21. The number of nitrogens with two attached hydrogens (primary N) is 1. The van der Waals surface area contributed by atoms with E-state index in [1.807, 2.05) is 24.3 Å². The molecule has 5 nitrogen and oxygen atoms in total. The van der Waals surface area contributed by atoms with E-state index in [1.165, 1.54) is 6.07 Å². The molecule has 0 bridgehead atoms. The Bertz CT molecular complexity index is 840. The first-order chi connectivity index (χ1) is 9.63. The molecule has 3 rings (SSSR count). The third-order valence-corrected chi connectivity index (χ3v) is 2.97. The van der Waals surface area contributed by atoms with Crippen LogP contribution in [0.1, 0.15) is 5.82 Å². The summed E-state index contributed by atoms with van der Waals surface area (Å²) in [7, 11) is 0. The first-order valence-corrected chi connectivity index (χ1v) is 6.16. The topological polar surface area (TPSA) is 81.0 Å². The van der Waals surface area contributed by atoms with Gasteiger partial charge in [0.05, 0.1) is 6.07 Å². The van der Waals surface area contributed by atoms with E-state index in [1.54, 1.807) is 19.1 Å². The van der Waals surface area contributed by atoms with Crippen molar-refractivity contribution in [2.45, 2.75) is 6.92 Å². The van der Waals surface area contributed by atoms with E-state index >= 15 is 0 Å². The lowest BCUT2D eigenvalue weighted by Gasteiger charge is -2.09. The molecule has 100 valence electrons. The zero-order chi connectivity index (χ0) is 14.1. The van der Waals surface area contributed by atoms with Gasteiger partial charge in [0.15, 0.2) is 0 Å². The van der Waals surface area contributed by atoms with E-state index in [0.29, 0.717) is 17.3 Å². The quantitative estimate of drug-likeness (QED) is 0.699. The summed E-state index contributed by atoms with van der Waals surface area (Å²) in [4.78, 5) is 18.1. The van der Waals surface area contributed by atoms with Crippen molar-refractivity contribution in [1.29, 1.82) is 0 Å². The van der Waals surface area contributed by atoms with Crippen molar-refractivity contribution in [3.63, 3.8) is 0 Å². The highest BCUT2D eigenvalue weighted by atomic mass is 16.5. The van der Waals surface area contributed by atoms with Gasteiger partial charge in [0.1, 0.15) is 11.6 Å². The summed E-state index contributed by atoms with van der Waals surface area (Å²) >= 11 is 0. The van der Waals surface area contributed by atoms with Crippen LogP contribution < -0.4 is 16.0 Å². The molecule has 0 spiro atoms. The summed E-state index contributed by atoms with van der Waals surface area (Å²) in [5.74, 6) is 1.39. The lowest BCUT2D eigenvalue weighted by atomic mass is 10.1. The first kappa shape index (κ1) is 12.2. The number of hydrogen-bond acceptors (Lipinski definition) is 4. The number of aromatic amines is 1. The number of nitrogen functional groups attached to an aromatic ring is 1. The molecule has 0 saturated heterocycles. The predicted molar refractivity (Wildman–Crippen MR) is 78.0 cm³/mol. The molecule has 0 fully saturated rings. The van der Waals surface area contributed by atoms with Crippen LogP contribution in [-0.2, 0) is 0 Å². The molecule has 0 aliphatic carbocycles. The number of fused-ring (bicyclic) bond motifs is 1. The fourth-order valence-electron chi connectivity index (χ4n) is 2.10. The van der Waals surface area contributed by atoms with Gasteiger partial charge in [0.2, 0.25) is 5.88 Å². The van der Waals surface area contributed by atoms with Crippen molar-refractivity contribution in [2.75, 3.05) is 5.73 Å². The molecular weight excluding hydrogens is 254 g/mol. The van der Waals surface area contributed by atoms with Gasteiger partial charge in [-0.05, 0) is 19.1 Å². The summed E-state index contributed by atoms with van der Waals surface area (Å²) in [6, 6.07) is 12.5. The van der Waals surface area contributed by atoms with Crippen LogP contribution >= 0.6 is 0 Å². The van der Waals surface area contributed by atoms with E-state index in [9.17, 15) is 4.79 Å². The number of benzene rings is 2. The number of anilines is 1. The Kier molecular flexibility index (Phi) is 2.87. The molecule has 0 atom stereocenters. The molecular formula is C15H13N3O2. The minimum atomic E-state index is -0.243. The number of aromatic nitrogens is 2. The van der Waals surface area contributed by atoms with Gasteiger partial charge in [-0.25, -0.2) is 4.98 Å². The van der Waals surface area contributed by atoms with Crippen LogP contribution in [0.5, 0.6) is 11.6 Å². The van der Waals surface area contributed by atoms with Crippen molar-refractivity contribution in [1.82, 2.24) is 9.97 Å².